The lowest BCUT2D eigenvalue weighted by Gasteiger charge is -2.15. The van der Waals surface area contributed by atoms with E-state index in [9.17, 15) is 14.4 Å². The number of amides is 1. The lowest BCUT2D eigenvalue weighted by Crippen LogP contribution is -2.48. The molecule has 2 atom stereocenters. The zero-order chi connectivity index (χ0) is 12.0. The monoisotopic (exact) mass is 218 g/mol. The van der Waals surface area contributed by atoms with Crippen LogP contribution in [-0.2, 0) is 14.4 Å². The second-order valence-electron chi connectivity index (χ2n) is 3.01. The first-order chi connectivity index (χ1) is 6.88. The molecular weight excluding hydrogens is 204 g/mol. The van der Waals surface area contributed by atoms with Gasteiger partial charge in [-0.15, -0.1) is 0 Å². The summed E-state index contributed by atoms with van der Waals surface area (Å²) in [4.78, 5) is 32.0. The van der Waals surface area contributed by atoms with Crippen molar-refractivity contribution in [2.45, 2.75) is 31.8 Å². The Labute approximate surface area is 86.3 Å². The first kappa shape index (κ1) is 13.4. The van der Waals surface area contributed by atoms with Crippen LogP contribution >= 0.6 is 0 Å². The van der Waals surface area contributed by atoms with Gasteiger partial charge in [0.1, 0.15) is 6.04 Å². The van der Waals surface area contributed by atoms with E-state index in [-0.39, 0.29) is 0 Å². The summed E-state index contributed by atoms with van der Waals surface area (Å²) >= 11 is 0. The van der Waals surface area contributed by atoms with Crippen LogP contribution in [0.2, 0.25) is 0 Å². The Balaban J connectivity index is 4.35. The molecule has 0 radical (unpaired) electrons. The van der Waals surface area contributed by atoms with Crippen molar-refractivity contribution in [1.82, 2.24) is 5.32 Å². The normalized spacial score (nSPS) is 14.0. The minimum atomic E-state index is -1.44. The van der Waals surface area contributed by atoms with E-state index in [0.717, 1.165) is 0 Å². The lowest BCUT2D eigenvalue weighted by atomic mass is 10.1. The fraction of sp³-hybridized carbons (Fsp3) is 0.625. The molecule has 0 heterocycles. The van der Waals surface area contributed by atoms with Crippen LogP contribution in [0.25, 0.3) is 0 Å². The second kappa shape index (κ2) is 5.97. The molecule has 0 aromatic rings. The van der Waals surface area contributed by atoms with Crippen molar-refractivity contribution >= 4 is 17.8 Å². The summed E-state index contributed by atoms with van der Waals surface area (Å²) < 4.78 is 0. The van der Waals surface area contributed by atoms with Gasteiger partial charge in [-0.2, -0.15) is 0 Å². The van der Waals surface area contributed by atoms with Crippen LogP contribution in [0.15, 0.2) is 0 Å². The van der Waals surface area contributed by atoms with Gasteiger partial charge in [0.2, 0.25) is 5.91 Å². The maximum Gasteiger partial charge on any atom is 0.326 e. The standard InChI is InChI=1S/C8H14N2O5/c1-2-4(9)7(13)10-5(8(14)15)3-6(11)12/h4-5H,2-3,9H2,1H3,(H,10,13)(H,11,12)(H,14,15)/t4-,5?/m1/s1. The van der Waals surface area contributed by atoms with E-state index in [1.807, 2.05) is 0 Å². The third kappa shape index (κ3) is 4.96. The fourth-order valence-electron chi connectivity index (χ4n) is 0.839. The highest BCUT2D eigenvalue weighted by molar-refractivity contribution is 5.88. The van der Waals surface area contributed by atoms with Crippen molar-refractivity contribution in [3.8, 4) is 0 Å². The Morgan fingerprint density at radius 1 is 1.33 bits per heavy atom. The molecule has 1 amide bonds. The van der Waals surface area contributed by atoms with Gasteiger partial charge in [0.05, 0.1) is 12.5 Å². The highest BCUT2D eigenvalue weighted by Crippen LogP contribution is 1.95. The van der Waals surface area contributed by atoms with E-state index in [1.165, 1.54) is 0 Å². The van der Waals surface area contributed by atoms with E-state index in [1.54, 1.807) is 6.92 Å². The molecule has 0 aliphatic rings. The van der Waals surface area contributed by atoms with Crippen LogP contribution in [0.1, 0.15) is 19.8 Å². The zero-order valence-electron chi connectivity index (χ0n) is 8.27. The van der Waals surface area contributed by atoms with E-state index < -0.39 is 36.4 Å². The van der Waals surface area contributed by atoms with Gasteiger partial charge in [-0.05, 0) is 6.42 Å². The number of carbonyl (C=O) groups is 3. The molecule has 0 saturated carbocycles. The number of carboxylic acids is 2. The van der Waals surface area contributed by atoms with Gasteiger partial charge in [-0.3, -0.25) is 9.59 Å². The van der Waals surface area contributed by atoms with E-state index >= 15 is 0 Å². The van der Waals surface area contributed by atoms with Crippen LogP contribution < -0.4 is 11.1 Å². The van der Waals surface area contributed by atoms with Crippen LogP contribution in [0.5, 0.6) is 0 Å². The molecule has 0 aliphatic carbocycles. The van der Waals surface area contributed by atoms with Crippen LogP contribution in [0.4, 0.5) is 0 Å². The molecule has 0 bridgehead atoms. The summed E-state index contributed by atoms with van der Waals surface area (Å²) in [6.45, 7) is 1.66. The number of carboxylic acid groups (broad SMARTS) is 2. The summed E-state index contributed by atoms with van der Waals surface area (Å²) in [5.41, 5.74) is 5.34. The number of hydrogen-bond donors (Lipinski definition) is 4. The molecule has 5 N–H and O–H groups in total. The van der Waals surface area contributed by atoms with Gasteiger partial charge in [0.15, 0.2) is 0 Å². The third-order valence-electron chi connectivity index (χ3n) is 1.77. The van der Waals surface area contributed by atoms with Gasteiger partial charge >= 0.3 is 11.9 Å². The molecule has 0 spiro atoms. The molecule has 0 saturated heterocycles. The maximum absolute atomic E-state index is 11.2. The predicted octanol–water partition coefficient (Wildman–Crippen LogP) is -1.23. The quantitative estimate of drug-likeness (QED) is 0.441. The van der Waals surface area contributed by atoms with Crippen LogP contribution in [-0.4, -0.2) is 40.1 Å². The van der Waals surface area contributed by atoms with Crippen LogP contribution in [0, 0.1) is 0 Å². The van der Waals surface area contributed by atoms with Gasteiger partial charge in [-0.25, -0.2) is 4.79 Å². The van der Waals surface area contributed by atoms with Gasteiger partial charge in [0.25, 0.3) is 0 Å². The minimum absolute atomic E-state index is 0.352. The lowest BCUT2D eigenvalue weighted by molar-refractivity contribution is -0.147. The van der Waals surface area contributed by atoms with Crippen LogP contribution in [0.3, 0.4) is 0 Å². The molecule has 7 nitrogen and oxygen atoms in total. The number of carbonyl (C=O) groups excluding carboxylic acids is 1. The number of aliphatic carboxylic acids is 2. The molecule has 0 aliphatic heterocycles. The molecule has 0 aromatic heterocycles. The summed E-state index contributed by atoms with van der Waals surface area (Å²) in [6.07, 6.45) is -0.317. The van der Waals surface area contributed by atoms with Crippen molar-refractivity contribution in [2.24, 2.45) is 5.73 Å². The third-order valence-corrected chi connectivity index (χ3v) is 1.77. The number of nitrogens with two attached hydrogens (primary N) is 1. The maximum atomic E-state index is 11.2. The number of rotatable bonds is 6. The Morgan fingerprint density at radius 2 is 1.87 bits per heavy atom. The van der Waals surface area contributed by atoms with Gasteiger partial charge < -0.3 is 21.3 Å². The molecule has 1 unspecified atom stereocenters. The molecule has 0 rings (SSSR count). The molecule has 15 heavy (non-hydrogen) atoms. The Hall–Kier alpha value is -1.63. The average molecular weight is 218 g/mol. The number of hydrogen-bond acceptors (Lipinski definition) is 4. The average Bonchev–Trinajstić information content (AvgIpc) is 2.14. The molecular formula is C8H14N2O5. The summed E-state index contributed by atoms with van der Waals surface area (Å²) in [5.74, 6) is -3.35. The summed E-state index contributed by atoms with van der Waals surface area (Å²) in [6, 6.07) is -2.26. The molecule has 0 aromatic carbocycles. The first-order valence-corrected chi connectivity index (χ1v) is 4.39. The van der Waals surface area contributed by atoms with Crippen molar-refractivity contribution in [3.05, 3.63) is 0 Å². The van der Waals surface area contributed by atoms with E-state index in [4.69, 9.17) is 15.9 Å². The van der Waals surface area contributed by atoms with Crippen molar-refractivity contribution in [1.29, 1.82) is 0 Å². The van der Waals surface area contributed by atoms with Crippen molar-refractivity contribution < 1.29 is 24.6 Å². The highest BCUT2D eigenvalue weighted by atomic mass is 16.4. The topological polar surface area (TPSA) is 130 Å². The Kier molecular flexibility index (Phi) is 5.32. The fourth-order valence-corrected chi connectivity index (χ4v) is 0.839. The van der Waals surface area contributed by atoms with Gasteiger partial charge in [0, 0.05) is 0 Å². The Bertz CT molecular complexity index is 266. The predicted molar refractivity (Wildman–Crippen MR) is 50.1 cm³/mol. The van der Waals surface area contributed by atoms with E-state index in [2.05, 4.69) is 5.32 Å². The molecule has 0 fully saturated rings. The second-order valence-corrected chi connectivity index (χ2v) is 3.01. The number of nitrogens with one attached hydrogen (secondary N) is 1. The minimum Gasteiger partial charge on any atom is -0.481 e. The zero-order valence-corrected chi connectivity index (χ0v) is 8.27. The molecule has 86 valence electrons. The molecule has 7 heteroatoms. The van der Waals surface area contributed by atoms with Crippen molar-refractivity contribution in [2.75, 3.05) is 0 Å². The van der Waals surface area contributed by atoms with Gasteiger partial charge in [-0.1, -0.05) is 6.92 Å². The summed E-state index contributed by atoms with van der Waals surface area (Å²) in [7, 11) is 0. The Morgan fingerprint density at radius 3 is 2.20 bits per heavy atom. The smallest absolute Gasteiger partial charge is 0.326 e. The largest absolute Gasteiger partial charge is 0.481 e. The first-order valence-electron chi connectivity index (χ1n) is 4.39. The SMILES string of the molecule is CC[C@@H](N)C(=O)NC(CC(=O)O)C(=O)O. The highest BCUT2D eigenvalue weighted by Gasteiger charge is 2.24. The van der Waals surface area contributed by atoms with E-state index in [0.29, 0.717) is 6.42 Å². The van der Waals surface area contributed by atoms with Crippen molar-refractivity contribution in [3.63, 3.8) is 0 Å². The summed E-state index contributed by atoms with van der Waals surface area (Å²) in [5, 5.41) is 19.1.